The van der Waals surface area contributed by atoms with Crippen LogP contribution in [0.2, 0.25) is 0 Å². The van der Waals surface area contributed by atoms with Crippen LogP contribution >= 0.6 is 15.9 Å². The summed E-state index contributed by atoms with van der Waals surface area (Å²) >= 11 is 3.33. The first-order valence-corrected chi connectivity index (χ1v) is 4.78. The van der Waals surface area contributed by atoms with Gasteiger partial charge in [0.25, 0.3) is 0 Å². The molecule has 0 radical (unpaired) electrons. The Labute approximate surface area is 90.5 Å². The fourth-order valence-corrected chi connectivity index (χ4v) is 1.64. The molecular weight excluding hydrogens is 248 g/mol. The average molecular weight is 259 g/mol. The Bertz CT molecular complexity index is 342. The molecule has 3 N–H and O–H groups in total. The number of benzene rings is 1. The highest BCUT2D eigenvalue weighted by Crippen LogP contribution is 2.25. The fourth-order valence-electron chi connectivity index (χ4n) is 1.06. The van der Waals surface area contributed by atoms with Gasteiger partial charge in [-0.3, -0.25) is 10.2 Å². The van der Waals surface area contributed by atoms with Gasteiger partial charge in [0.1, 0.15) is 5.75 Å². The molecule has 0 saturated heterocycles. The number of hydrogen-bond donors (Lipinski definition) is 2. The predicted octanol–water partition coefficient (Wildman–Crippen LogP) is 0.990. The zero-order chi connectivity index (χ0) is 10.6. The van der Waals surface area contributed by atoms with E-state index >= 15 is 0 Å². The SMILES string of the molecule is COc1ccc(CC(=O)NN)cc1Br. The third kappa shape index (κ3) is 2.71. The third-order valence-electron chi connectivity index (χ3n) is 1.74. The second-order valence-electron chi connectivity index (χ2n) is 2.71. The van der Waals surface area contributed by atoms with E-state index in [1.165, 1.54) is 0 Å². The van der Waals surface area contributed by atoms with Crippen molar-refractivity contribution in [3.63, 3.8) is 0 Å². The molecule has 14 heavy (non-hydrogen) atoms. The molecule has 0 bridgehead atoms. The molecule has 1 aromatic rings. The van der Waals surface area contributed by atoms with Crippen molar-refractivity contribution >= 4 is 21.8 Å². The second kappa shape index (κ2) is 4.97. The van der Waals surface area contributed by atoms with Crippen LogP contribution < -0.4 is 16.0 Å². The molecular formula is C9H11BrN2O2. The van der Waals surface area contributed by atoms with E-state index in [1.54, 1.807) is 13.2 Å². The highest BCUT2D eigenvalue weighted by atomic mass is 79.9. The van der Waals surface area contributed by atoms with Crippen molar-refractivity contribution in [1.29, 1.82) is 0 Å². The normalized spacial score (nSPS) is 9.64. The Balaban J connectivity index is 2.81. The standard InChI is InChI=1S/C9H11BrN2O2/c1-14-8-3-2-6(4-7(8)10)5-9(13)12-11/h2-4H,5,11H2,1H3,(H,12,13). The van der Waals surface area contributed by atoms with Crippen molar-refractivity contribution in [1.82, 2.24) is 5.43 Å². The van der Waals surface area contributed by atoms with E-state index in [-0.39, 0.29) is 12.3 Å². The molecule has 0 aliphatic rings. The Morgan fingerprint density at radius 3 is 2.86 bits per heavy atom. The molecule has 76 valence electrons. The molecule has 4 nitrogen and oxygen atoms in total. The predicted molar refractivity (Wildman–Crippen MR) is 56.7 cm³/mol. The molecule has 0 saturated carbocycles. The Morgan fingerprint density at radius 2 is 2.36 bits per heavy atom. The molecule has 1 aromatic carbocycles. The van der Waals surface area contributed by atoms with Gasteiger partial charge < -0.3 is 4.74 Å². The molecule has 0 aromatic heterocycles. The first-order chi connectivity index (χ1) is 6.67. The number of nitrogens with one attached hydrogen (secondary N) is 1. The number of halogens is 1. The Hall–Kier alpha value is -1.07. The zero-order valence-corrected chi connectivity index (χ0v) is 9.30. The number of rotatable bonds is 3. The van der Waals surface area contributed by atoms with E-state index in [1.807, 2.05) is 12.1 Å². The number of carbonyl (C=O) groups is 1. The van der Waals surface area contributed by atoms with Crippen molar-refractivity contribution in [3.8, 4) is 5.75 Å². The lowest BCUT2D eigenvalue weighted by atomic mass is 10.1. The summed E-state index contributed by atoms with van der Waals surface area (Å²) in [5.41, 5.74) is 2.95. The quantitative estimate of drug-likeness (QED) is 0.483. The number of ether oxygens (including phenoxy) is 1. The van der Waals surface area contributed by atoms with Crippen LogP contribution in [0, 0.1) is 0 Å². The summed E-state index contributed by atoms with van der Waals surface area (Å²) in [7, 11) is 1.59. The van der Waals surface area contributed by atoms with E-state index in [0.29, 0.717) is 0 Å². The number of amides is 1. The summed E-state index contributed by atoms with van der Waals surface area (Å²) in [5.74, 6) is 5.50. The van der Waals surface area contributed by atoms with Gasteiger partial charge in [-0.2, -0.15) is 0 Å². The first kappa shape index (κ1) is 11.0. The van der Waals surface area contributed by atoms with Crippen LogP contribution in [0.5, 0.6) is 5.75 Å². The molecule has 0 fully saturated rings. The number of hydrogen-bond acceptors (Lipinski definition) is 3. The van der Waals surface area contributed by atoms with Crippen LogP contribution in [0.3, 0.4) is 0 Å². The molecule has 1 amide bonds. The fraction of sp³-hybridized carbons (Fsp3) is 0.222. The van der Waals surface area contributed by atoms with Gasteiger partial charge >= 0.3 is 0 Å². The Morgan fingerprint density at radius 1 is 1.64 bits per heavy atom. The number of methoxy groups -OCH3 is 1. The maximum absolute atomic E-state index is 11.0. The van der Waals surface area contributed by atoms with E-state index in [0.717, 1.165) is 15.8 Å². The summed E-state index contributed by atoms with van der Waals surface area (Å²) in [4.78, 5) is 11.0. The smallest absolute Gasteiger partial charge is 0.238 e. The molecule has 5 heteroatoms. The molecule has 0 heterocycles. The minimum absolute atomic E-state index is 0.220. The number of hydrazine groups is 1. The highest BCUT2D eigenvalue weighted by molar-refractivity contribution is 9.10. The molecule has 0 spiro atoms. The minimum atomic E-state index is -0.220. The number of carbonyl (C=O) groups excluding carboxylic acids is 1. The van der Waals surface area contributed by atoms with Crippen LogP contribution in [0.4, 0.5) is 0 Å². The van der Waals surface area contributed by atoms with Gasteiger partial charge in [-0.25, -0.2) is 5.84 Å². The van der Waals surface area contributed by atoms with E-state index in [4.69, 9.17) is 10.6 Å². The summed E-state index contributed by atoms with van der Waals surface area (Å²) in [5, 5.41) is 0. The minimum Gasteiger partial charge on any atom is -0.496 e. The lowest BCUT2D eigenvalue weighted by Crippen LogP contribution is -2.31. The van der Waals surface area contributed by atoms with Gasteiger partial charge in [0.2, 0.25) is 5.91 Å². The molecule has 0 atom stereocenters. The topological polar surface area (TPSA) is 64.3 Å². The zero-order valence-electron chi connectivity index (χ0n) is 7.71. The summed E-state index contributed by atoms with van der Waals surface area (Å²) in [6.45, 7) is 0. The third-order valence-corrected chi connectivity index (χ3v) is 2.36. The lowest BCUT2D eigenvalue weighted by Gasteiger charge is -2.05. The van der Waals surface area contributed by atoms with Crippen molar-refractivity contribution in [2.24, 2.45) is 5.84 Å². The largest absolute Gasteiger partial charge is 0.496 e. The summed E-state index contributed by atoms with van der Waals surface area (Å²) < 4.78 is 5.88. The second-order valence-corrected chi connectivity index (χ2v) is 3.57. The molecule has 1 rings (SSSR count). The van der Waals surface area contributed by atoms with Gasteiger partial charge in [0.05, 0.1) is 18.0 Å². The van der Waals surface area contributed by atoms with Crippen LogP contribution in [0.25, 0.3) is 0 Å². The van der Waals surface area contributed by atoms with Gasteiger partial charge in [0, 0.05) is 0 Å². The summed E-state index contributed by atoms with van der Waals surface area (Å²) in [6.07, 6.45) is 0.263. The first-order valence-electron chi connectivity index (χ1n) is 3.99. The molecule has 0 aliphatic heterocycles. The van der Waals surface area contributed by atoms with Crippen molar-refractivity contribution < 1.29 is 9.53 Å². The van der Waals surface area contributed by atoms with Gasteiger partial charge in [0.15, 0.2) is 0 Å². The van der Waals surface area contributed by atoms with Crippen LogP contribution in [-0.2, 0) is 11.2 Å². The molecule has 0 aliphatic carbocycles. The lowest BCUT2D eigenvalue weighted by molar-refractivity contribution is -0.120. The Kier molecular flexibility index (Phi) is 3.91. The highest BCUT2D eigenvalue weighted by Gasteiger charge is 2.04. The molecule has 0 unspecified atom stereocenters. The average Bonchev–Trinajstić information content (AvgIpc) is 2.18. The van der Waals surface area contributed by atoms with Crippen molar-refractivity contribution in [2.45, 2.75) is 6.42 Å². The van der Waals surface area contributed by atoms with Crippen molar-refractivity contribution in [2.75, 3.05) is 7.11 Å². The van der Waals surface area contributed by atoms with E-state index in [9.17, 15) is 4.79 Å². The maximum atomic E-state index is 11.0. The van der Waals surface area contributed by atoms with Crippen LogP contribution in [0.15, 0.2) is 22.7 Å². The summed E-state index contributed by atoms with van der Waals surface area (Å²) in [6, 6.07) is 5.44. The van der Waals surface area contributed by atoms with Gasteiger partial charge in [-0.05, 0) is 33.6 Å². The maximum Gasteiger partial charge on any atom is 0.238 e. The van der Waals surface area contributed by atoms with Crippen molar-refractivity contribution in [3.05, 3.63) is 28.2 Å². The van der Waals surface area contributed by atoms with E-state index in [2.05, 4.69) is 21.4 Å². The number of nitrogens with two attached hydrogens (primary N) is 1. The van der Waals surface area contributed by atoms with Gasteiger partial charge in [-0.15, -0.1) is 0 Å². The van der Waals surface area contributed by atoms with Gasteiger partial charge in [-0.1, -0.05) is 6.07 Å². The monoisotopic (exact) mass is 258 g/mol. The van der Waals surface area contributed by atoms with E-state index < -0.39 is 0 Å². The van der Waals surface area contributed by atoms with Crippen LogP contribution in [0.1, 0.15) is 5.56 Å². The van der Waals surface area contributed by atoms with Crippen LogP contribution in [-0.4, -0.2) is 13.0 Å².